The molecular weight excluding hydrogens is 372 g/mol. The molecule has 5 nitrogen and oxygen atoms in total. The summed E-state index contributed by atoms with van der Waals surface area (Å²) < 4.78 is 6.78. The van der Waals surface area contributed by atoms with Gasteiger partial charge in [0.25, 0.3) is 0 Å². The van der Waals surface area contributed by atoms with E-state index in [0.717, 1.165) is 50.2 Å². The molecule has 6 rings (SSSR count). The highest BCUT2D eigenvalue weighted by Crippen LogP contribution is 2.41. The molecule has 158 valence electrons. The molecule has 0 aromatic heterocycles. The molecule has 0 saturated carbocycles. The number of nitrogens with zero attached hydrogens (tertiary/aromatic N) is 2. The van der Waals surface area contributed by atoms with Crippen molar-refractivity contribution in [1.29, 1.82) is 0 Å². The van der Waals surface area contributed by atoms with Gasteiger partial charge in [0.1, 0.15) is 11.9 Å². The fraction of sp³-hybridized carbons (Fsp3) is 0.520. The van der Waals surface area contributed by atoms with Gasteiger partial charge in [0.2, 0.25) is 0 Å². The first kappa shape index (κ1) is 18.7. The zero-order valence-corrected chi connectivity index (χ0v) is 17.6. The van der Waals surface area contributed by atoms with Gasteiger partial charge in [-0.1, -0.05) is 30.3 Å². The minimum absolute atomic E-state index is 0.117. The average molecular weight is 405 g/mol. The van der Waals surface area contributed by atoms with Crippen molar-refractivity contribution >= 4 is 5.69 Å². The minimum Gasteiger partial charge on any atom is -0.484 e. The highest BCUT2D eigenvalue weighted by Gasteiger charge is 2.44. The molecule has 0 radical (unpaired) electrons. The summed E-state index contributed by atoms with van der Waals surface area (Å²) in [7, 11) is 0. The van der Waals surface area contributed by atoms with Gasteiger partial charge >= 0.3 is 0 Å². The smallest absolute Gasteiger partial charge is 0.140 e. The third-order valence-electron chi connectivity index (χ3n) is 7.59. The van der Waals surface area contributed by atoms with Crippen LogP contribution in [0.4, 0.5) is 5.69 Å². The van der Waals surface area contributed by atoms with Gasteiger partial charge in [0.05, 0.1) is 6.04 Å². The van der Waals surface area contributed by atoms with E-state index in [1.807, 2.05) is 0 Å². The molecule has 3 aliphatic heterocycles. The second kappa shape index (κ2) is 7.88. The molecule has 1 aliphatic carbocycles. The fourth-order valence-corrected chi connectivity index (χ4v) is 5.99. The lowest BCUT2D eigenvalue weighted by atomic mass is 10.0. The van der Waals surface area contributed by atoms with Crippen LogP contribution in [0.2, 0.25) is 0 Å². The van der Waals surface area contributed by atoms with Crippen LogP contribution in [0, 0.1) is 11.8 Å². The number of piperazine rings is 1. The third-order valence-corrected chi connectivity index (χ3v) is 7.59. The molecule has 4 unspecified atom stereocenters. The zero-order chi connectivity index (χ0) is 19.9. The van der Waals surface area contributed by atoms with Gasteiger partial charge in [-0.3, -0.25) is 4.90 Å². The Labute approximate surface area is 179 Å². The second-order valence-electron chi connectivity index (χ2n) is 9.38. The molecule has 2 aromatic rings. The van der Waals surface area contributed by atoms with Crippen LogP contribution in [0.5, 0.6) is 5.75 Å². The van der Waals surface area contributed by atoms with Gasteiger partial charge in [-0.05, 0) is 54.6 Å². The van der Waals surface area contributed by atoms with E-state index in [9.17, 15) is 0 Å². The zero-order valence-electron chi connectivity index (χ0n) is 17.6. The van der Waals surface area contributed by atoms with Crippen molar-refractivity contribution in [1.82, 2.24) is 15.5 Å². The Bertz CT molecular complexity index is 884. The highest BCUT2D eigenvalue weighted by molar-refractivity contribution is 5.51. The maximum Gasteiger partial charge on any atom is 0.140 e. The van der Waals surface area contributed by atoms with E-state index in [1.54, 1.807) is 0 Å². The normalized spacial score (nSPS) is 31.0. The Kier molecular flexibility index (Phi) is 4.90. The van der Waals surface area contributed by atoms with Crippen LogP contribution in [-0.2, 0) is 6.42 Å². The summed E-state index contributed by atoms with van der Waals surface area (Å²) in [5, 5.41) is 7.01. The maximum atomic E-state index is 6.78. The molecule has 3 saturated heterocycles. The van der Waals surface area contributed by atoms with E-state index in [4.69, 9.17) is 4.74 Å². The van der Waals surface area contributed by atoms with E-state index >= 15 is 0 Å². The van der Waals surface area contributed by atoms with Crippen molar-refractivity contribution < 1.29 is 4.74 Å². The lowest BCUT2D eigenvalue weighted by Gasteiger charge is -2.32. The van der Waals surface area contributed by atoms with Gasteiger partial charge in [0.15, 0.2) is 0 Å². The summed E-state index contributed by atoms with van der Waals surface area (Å²) in [5.74, 6) is 2.62. The molecule has 3 heterocycles. The summed E-state index contributed by atoms with van der Waals surface area (Å²) in [6.07, 6.45) is 1.22. The molecule has 0 bridgehead atoms. The summed E-state index contributed by atoms with van der Waals surface area (Å²) in [6, 6.07) is 18.1. The summed E-state index contributed by atoms with van der Waals surface area (Å²) in [5.41, 5.74) is 4.12. The highest BCUT2D eigenvalue weighted by atomic mass is 16.5. The van der Waals surface area contributed by atoms with Crippen LogP contribution in [0.15, 0.2) is 48.5 Å². The number of hydrogen-bond donors (Lipinski definition) is 2. The molecule has 2 aromatic carbocycles. The average Bonchev–Trinajstić information content (AvgIpc) is 3.48. The Morgan fingerprint density at radius 3 is 2.50 bits per heavy atom. The first-order valence-electron chi connectivity index (χ1n) is 11.6. The topological polar surface area (TPSA) is 39.8 Å². The van der Waals surface area contributed by atoms with E-state index in [-0.39, 0.29) is 6.10 Å². The van der Waals surface area contributed by atoms with E-state index in [1.165, 1.54) is 43.0 Å². The molecule has 0 spiro atoms. The van der Waals surface area contributed by atoms with Crippen LogP contribution in [-0.4, -0.2) is 63.3 Å². The van der Waals surface area contributed by atoms with Crippen LogP contribution >= 0.6 is 0 Å². The molecule has 5 heteroatoms. The molecule has 4 atom stereocenters. The van der Waals surface area contributed by atoms with Crippen molar-refractivity contribution in [2.24, 2.45) is 11.8 Å². The molecule has 2 N–H and O–H groups in total. The van der Waals surface area contributed by atoms with E-state index < -0.39 is 0 Å². The van der Waals surface area contributed by atoms with Crippen molar-refractivity contribution in [2.45, 2.75) is 18.6 Å². The third kappa shape index (κ3) is 3.39. The Balaban J connectivity index is 1.26. The van der Waals surface area contributed by atoms with E-state index in [0.29, 0.717) is 6.04 Å². The molecule has 0 amide bonds. The van der Waals surface area contributed by atoms with Crippen molar-refractivity contribution in [3.63, 3.8) is 0 Å². The van der Waals surface area contributed by atoms with Gasteiger partial charge in [-0.25, -0.2) is 0 Å². The monoisotopic (exact) mass is 404 g/mol. The van der Waals surface area contributed by atoms with Gasteiger partial charge in [-0.2, -0.15) is 0 Å². The predicted molar refractivity (Wildman–Crippen MR) is 120 cm³/mol. The van der Waals surface area contributed by atoms with Crippen LogP contribution < -0.4 is 20.3 Å². The fourth-order valence-electron chi connectivity index (χ4n) is 5.99. The Morgan fingerprint density at radius 2 is 1.67 bits per heavy atom. The summed E-state index contributed by atoms with van der Waals surface area (Å²) >= 11 is 0. The number of hydrogen-bond acceptors (Lipinski definition) is 5. The van der Waals surface area contributed by atoms with Gasteiger partial charge in [-0.15, -0.1) is 0 Å². The number of anilines is 1. The van der Waals surface area contributed by atoms with Gasteiger partial charge in [0, 0.05) is 51.0 Å². The van der Waals surface area contributed by atoms with Crippen molar-refractivity contribution in [3.05, 3.63) is 59.7 Å². The number of likely N-dealkylation sites (tertiary alicyclic amines) is 1. The van der Waals surface area contributed by atoms with Crippen LogP contribution in [0.1, 0.15) is 17.2 Å². The van der Waals surface area contributed by atoms with Crippen molar-refractivity contribution in [3.8, 4) is 5.75 Å². The summed E-state index contributed by atoms with van der Waals surface area (Å²) in [6.45, 7) is 8.99. The second-order valence-corrected chi connectivity index (χ2v) is 9.38. The van der Waals surface area contributed by atoms with Crippen molar-refractivity contribution in [2.75, 3.05) is 57.3 Å². The lowest BCUT2D eigenvalue weighted by Crippen LogP contribution is -2.43. The quantitative estimate of drug-likeness (QED) is 0.818. The minimum atomic E-state index is 0.117. The number of rotatable bonds is 4. The first-order valence-corrected chi connectivity index (χ1v) is 11.6. The standard InChI is InChI=1S/C25H32N4O/c1-2-7-23-18(4-1)12-24(29-16-19-14-27-15-20(19)17-29)25(23)30-22-6-3-5-21(13-22)28-10-8-26-9-11-28/h1-7,13,19-20,24-27H,8-12,14-17H2. The molecular formula is C25H32N4O. The van der Waals surface area contributed by atoms with Crippen LogP contribution in [0.25, 0.3) is 0 Å². The number of ether oxygens (including phenoxy) is 1. The number of nitrogens with one attached hydrogen (secondary N) is 2. The molecule has 3 fully saturated rings. The summed E-state index contributed by atoms with van der Waals surface area (Å²) in [4.78, 5) is 5.18. The largest absolute Gasteiger partial charge is 0.484 e. The SMILES string of the molecule is c1cc(OC2c3ccccc3CC2N2CC3CNCC3C2)cc(N2CCNCC2)c1. The molecule has 4 aliphatic rings. The first-order chi connectivity index (χ1) is 14.8. The van der Waals surface area contributed by atoms with Gasteiger partial charge < -0.3 is 20.3 Å². The Hall–Kier alpha value is -2.08. The number of fused-ring (bicyclic) bond motifs is 2. The maximum absolute atomic E-state index is 6.78. The Morgan fingerprint density at radius 1 is 0.867 bits per heavy atom. The number of benzene rings is 2. The molecule has 30 heavy (non-hydrogen) atoms. The van der Waals surface area contributed by atoms with Crippen LogP contribution in [0.3, 0.4) is 0 Å². The van der Waals surface area contributed by atoms with E-state index in [2.05, 4.69) is 69.0 Å². The predicted octanol–water partition coefficient (Wildman–Crippen LogP) is 2.29. The lowest BCUT2D eigenvalue weighted by molar-refractivity contribution is 0.0890.